The fourth-order valence-corrected chi connectivity index (χ4v) is 3.25. The lowest BCUT2D eigenvalue weighted by Crippen LogP contribution is -2.47. The maximum atomic E-state index is 12.1. The molecule has 0 spiro atoms. The van der Waals surface area contributed by atoms with Crippen molar-refractivity contribution in [3.63, 3.8) is 0 Å². The van der Waals surface area contributed by atoms with Gasteiger partial charge in [0.2, 0.25) is 0 Å². The van der Waals surface area contributed by atoms with Crippen molar-refractivity contribution in [1.82, 2.24) is 4.90 Å². The Labute approximate surface area is 167 Å². The van der Waals surface area contributed by atoms with Crippen LogP contribution in [-0.2, 0) is 4.74 Å². The summed E-state index contributed by atoms with van der Waals surface area (Å²) in [6.45, 7) is 9.56. The van der Waals surface area contributed by atoms with Gasteiger partial charge in [0.15, 0.2) is 0 Å². The highest BCUT2D eigenvalue weighted by Gasteiger charge is 2.17. The summed E-state index contributed by atoms with van der Waals surface area (Å²) >= 11 is 0. The molecule has 0 aromatic heterocycles. The molecule has 0 unspecified atom stereocenters. The lowest BCUT2D eigenvalue weighted by molar-refractivity contribution is 0.137. The quantitative estimate of drug-likeness (QED) is 0.789. The molecule has 2 aromatic rings. The predicted molar refractivity (Wildman–Crippen MR) is 112 cm³/mol. The van der Waals surface area contributed by atoms with E-state index in [2.05, 4.69) is 46.3 Å². The first-order valence-electron chi connectivity index (χ1n) is 9.85. The van der Waals surface area contributed by atoms with Gasteiger partial charge in [0.1, 0.15) is 12.4 Å². The highest BCUT2D eigenvalue weighted by atomic mass is 16.5. The molecule has 2 aromatic carbocycles. The largest absolute Gasteiger partial charge is 0.492 e. The van der Waals surface area contributed by atoms with E-state index in [0.717, 1.165) is 32.7 Å². The highest BCUT2D eigenvalue weighted by molar-refractivity contribution is 5.86. The third-order valence-electron chi connectivity index (χ3n) is 4.84. The zero-order valence-corrected chi connectivity index (χ0v) is 16.7. The summed E-state index contributed by atoms with van der Waals surface area (Å²) in [5, 5.41) is 2.75. The molecular formula is C22H29N3O3. The Morgan fingerprint density at radius 1 is 1.04 bits per heavy atom. The Balaban J connectivity index is 1.38. The van der Waals surface area contributed by atoms with Crippen molar-refractivity contribution in [1.29, 1.82) is 0 Å². The zero-order chi connectivity index (χ0) is 19.8. The summed E-state index contributed by atoms with van der Waals surface area (Å²) in [5.41, 5.74) is 3.18. The summed E-state index contributed by atoms with van der Waals surface area (Å²) in [4.78, 5) is 16.8. The van der Waals surface area contributed by atoms with Crippen LogP contribution in [0.3, 0.4) is 0 Å². The number of nitrogens with one attached hydrogen (secondary N) is 1. The summed E-state index contributed by atoms with van der Waals surface area (Å²) in [6.07, 6.45) is -0.453. The number of hydrogen-bond acceptors (Lipinski definition) is 5. The van der Waals surface area contributed by atoms with Crippen molar-refractivity contribution in [2.75, 3.05) is 56.2 Å². The van der Waals surface area contributed by atoms with Gasteiger partial charge in [-0.25, -0.2) is 4.79 Å². The second-order valence-electron chi connectivity index (χ2n) is 6.85. The van der Waals surface area contributed by atoms with E-state index in [9.17, 15) is 4.79 Å². The molecule has 1 amide bonds. The molecular weight excluding hydrogens is 354 g/mol. The van der Waals surface area contributed by atoms with Crippen molar-refractivity contribution in [2.24, 2.45) is 0 Å². The standard InChI is InChI=1S/C22H29N3O3/c1-3-27-21-7-5-4-6-20(21)23-22(26)28-17-16-24-12-14-25(15-13-24)19-10-8-18(2)9-11-19/h4-11H,3,12-17H2,1-2H3,(H,23,26). The van der Waals surface area contributed by atoms with E-state index in [1.807, 2.05) is 25.1 Å². The first-order chi connectivity index (χ1) is 13.7. The van der Waals surface area contributed by atoms with E-state index < -0.39 is 6.09 Å². The van der Waals surface area contributed by atoms with Crippen molar-refractivity contribution in [3.05, 3.63) is 54.1 Å². The Hall–Kier alpha value is -2.73. The average molecular weight is 383 g/mol. The molecule has 150 valence electrons. The van der Waals surface area contributed by atoms with E-state index in [1.54, 1.807) is 6.07 Å². The SMILES string of the molecule is CCOc1ccccc1NC(=O)OCCN1CCN(c2ccc(C)cc2)CC1. The maximum Gasteiger partial charge on any atom is 0.411 e. The second kappa shape index (κ2) is 9.99. The third kappa shape index (κ3) is 5.63. The van der Waals surface area contributed by atoms with Crippen LogP contribution in [0.15, 0.2) is 48.5 Å². The Morgan fingerprint density at radius 3 is 2.46 bits per heavy atom. The van der Waals surface area contributed by atoms with Gasteiger partial charge in [-0.05, 0) is 38.1 Å². The Bertz CT molecular complexity index is 756. The number of carbonyl (C=O) groups is 1. The first-order valence-corrected chi connectivity index (χ1v) is 9.85. The molecule has 6 heteroatoms. The van der Waals surface area contributed by atoms with Crippen LogP contribution >= 0.6 is 0 Å². The van der Waals surface area contributed by atoms with E-state index in [4.69, 9.17) is 9.47 Å². The molecule has 1 fully saturated rings. The summed E-state index contributed by atoms with van der Waals surface area (Å²) in [5.74, 6) is 0.647. The fourth-order valence-electron chi connectivity index (χ4n) is 3.25. The van der Waals surface area contributed by atoms with Crippen LogP contribution in [0.1, 0.15) is 12.5 Å². The van der Waals surface area contributed by atoms with Gasteiger partial charge in [-0.1, -0.05) is 29.8 Å². The van der Waals surface area contributed by atoms with Gasteiger partial charge >= 0.3 is 6.09 Å². The number of anilines is 2. The van der Waals surface area contributed by atoms with Gasteiger partial charge in [-0.15, -0.1) is 0 Å². The van der Waals surface area contributed by atoms with Crippen molar-refractivity contribution in [3.8, 4) is 5.75 Å². The fraction of sp³-hybridized carbons (Fsp3) is 0.409. The number of nitrogens with zero attached hydrogens (tertiary/aromatic N) is 2. The molecule has 1 heterocycles. The van der Waals surface area contributed by atoms with Crippen molar-refractivity contribution < 1.29 is 14.3 Å². The lowest BCUT2D eigenvalue weighted by Gasteiger charge is -2.36. The highest BCUT2D eigenvalue weighted by Crippen LogP contribution is 2.23. The zero-order valence-electron chi connectivity index (χ0n) is 16.7. The Morgan fingerprint density at radius 2 is 1.75 bits per heavy atom. The topological polar surface area (TPSA) is 54.0 Å². The number of ether oxygens (including phenoxy) is 2. The third-order valence-corrected chi connectivity index (χ3v) is 4.84. The number of aryl methyl sites for hydroxylation is 1. The van der Waals surface area contributed by atoms with Crippen LogP contribution < -0.4 is 15.0 Å². The molecule has 1 aliphatic heterocycles. The average Bonchev–Trinajstić information content (AvgIpc) is 2.71. The first kappa shape index (κ1) is 20.0. The number of amides is 1. The van der Waals surface area contributed by atoms with Crippen LogP contribution in [-0.4, -0.2) is 56.9 Å². The number of benzene rings is 2. The molecule has 1 aliphatic rings. The minimum atomic E-state index is -0.453. The number of rotatable bonds is 7. The van der Waals surface area contributed by atoms with Gasteiger partial charge in [0.25, 0.3) is 0 Å². The molecule has 0 atom stereocenters. The number of carbonyl (C=O) groups excluding carboxylic acids is 1. The molecule has 0 saturated carbocycles. The van der Waals surface area contributed by atoms with Gasteiger partial charge in [-0.3, -0.25) is 10.2 Å². The summed E-state index contributed by atoms with van der Waals surface area (Å²) in [7, 11) is 0. The summed E-state index contributed by atoms with van der Waals surface area (Å²) < 4.78 is 10.9. The van der Waals surface area contributed by atoms with Crippen molar-refractivity contribution in [2.45, 2.75) is 13.8 Å². The van der Waals surface area contributed by atoms with E-state index >= 15 is 0 Å². The van der Waals surface area contributed by atoms with E-state index in [-0.39, 0.29) is 0 Å². The lowest BCUT2D eigenvalue weighted by atomic mass is 10.2. The molecule has 0 bridgehead atoms. The predicted octanol–water partition coefficient (Wildman–Crippen LogP) is 3.76. The maximum absolute atomic E-state index is 12.1. The molecule has 1 N–H and O–H groups in total. The minimum Gasteiger partial charge on any atom is -0.492 e. The number of piperazine rings is 1. The van der Waals surface area contributed by atoms with Crippen LogP contribution in [0.4, 0.5) is 16.2 Å². The summed E-state index contributed by atoms with van der Waals surface area (Å²) in [6, 6.07) is 16.0. The van der Waals surface area contributed by atoms with Crippen LogP contribution in [0.5, 0.6) is 5.75 Å². The normalized spacial score (nSPS) is 14.6. The minimum absolute atomic E-state index is 0.368. The molecule has 6 nitrogen and oxygen atoms in total. The van der Waals surface area contributed by atoms with Crippen LogP contribution in [0, 0.1) is 6.92 Å². The van der Waals surface area contributed by atoms with Gasteiger partial charge in [0, 0.05) is 38.4 Å². The van der Waals surface area contributed by atoms with Gasteiger partial charge < -0.3 is 14.4 Å². The molecule has 1 saturated heterocycles. The van der Waals surface area contributed by atoms with E-state index in [0.29, 0.717) is 24.7 Å². The number of hydrogen-bond donors (Lipinski definition) is 1. The monoisotopic (exact) mass is 383 g/mol. The smallest absolute Gasteiger partial charge is 0.411 e. The number of para-hydroxylation sites is 2. The molecule has 0 aliphatic carbocycles. The van der Waals surface area contributed by atoms with Gasteiger partial charge in [0.05, 0.1) is 12.3 Å². The van der Waals surface area contributed by atoms with Gasteiger partial charge in [-0.2, -0.15) is 0 Å². The second-order valence-corrected chi connectivity index (χ2v) is 6.85. The van der Waals surface area contributed by atoms with Crippen molar-refractivity contribution >= 4 is 17.5 Å². The molecule has 28 heavy (non-hydrogen) atoms. The van der Waals surface area contributed by atoms with Crippen LogP contribution in [0.2, 0.25) is 0 Å². The van der Waals surface area contributed by atoms with Crippen LogP contribution in [0.25, 0.3) is 0 Å². The van der Waals surface area contributed by atoms with E-state index in [1.165, 1.54) is 11.3 Å². The molecule has 0 radical (unpaired) electrons. The molecule has 3 rings (SSSR count). The Kier molecular flexibility index (Phi) is 7.14.